The van der Waals surface area contributed by atoms with E-state index in [0.717, 1.165) is 28.5 Å². The smallest absolute Gasteiger partial charge is 0.126 e. The van der Waals surface area contributed by atoms with Gasteiger partial charge in [0.25, 0.3) is 0 Å². The van der Waals surface area contributed by atoms with Crippen molar-refractivity contribution in [3.05, 3.63) is 53.8 Å². The van der Waals surface area contributed by atoms with Gasteiger partial charge in [-0.15, -0.1) is 11.3 Å². The number of nitrogens with one attached hydrogen (secondary N) is 1. The summed E-state index contributed by atoms with van der Waals surface area (Å²) in [6.45, 7) is 5.08. The lowest BCUT2D eigenvalue weighted by atomic mass is 10.3. The van der Waals surface area contributed by atoms with Gasteiger partial charge in [-0.1, -0.05) is 32.0 Å². The zero-order chi connectivity index (χ0) is 14.7. The van der Waals surface area contributed by atoms with Crippen LogP contribution in [0.2, 0.25) is 0 Å². The number of nitrogens with zero attached hydrogens (tertiary/aromatic N) is 3. The highest BCUT2D eigenvalue weighted by molar-refractivity contribution is 7.13. The predicted molar refractivity (Wildman–Crippen MR) is 86.6 cm³/mol. The fraction of sp³-hybridized carbons (Fsp3) is 0.250. The molecule has 0 atom stereocenters. The molecule has 0 saturated carbocycles. The fourth-order valence-corrected chi connectivity index (χ4v) is 2.78. The lowest BCUT2D eigenvalue weighted by Gasteiger charge is -2.04. The van der Waals surface area contributed by atoms with Crippen molar-refractivity contribution < 1.29 is 0 Å². The minimum Gasteiger partial charge on any atom is -0.309 e. The highest BCUT2D eigenvalue weighted by atomic mass is 32.1. The van der Waals surface area contributed by atoms with E-state index < -0.39 is 0 Å². The van der Waals surface area contributed by atoms with Crippen molar-refractivity contribution in [3.63, 3.8) is 0 Å². The first-order valence-corrected chi connectivity index (χ1v) is 7.88. The second kappa shape index (κ2) is 6.20. The predicted octanol–water partition coefficient (Wildman–Crippen LogP) is 3.49. The average Bonchev–Trinajstić information content (AvgIpc) is 3.15. The van der Waals surface area contributed by atoms with Crippen molar-refractivity contribution >= 4 is 11.3 Å². The summed E-state index contributed by atoms with van der Waals surface area (Å²) < 4.78 is 1.88. The van der Waals surface area contributed by atoms with Gasteiger partial charge in [-0.3, -0.25) is 0 Å². The summed E-state index contributed by atoms with van der Waals surface area (Å²) in [5.41, 5.74) is 3.19. The van der Waals surface area contributed by atoms with Crippen LogP contribution in [0.1, 0.15) is 19.5 Å². The molecule has 0 aliphatic carbocycles. The normalized spacial score (nSPS) is 11.2. The molecule has 3 rings (SSSR count). The molecule has 2 aromatic heterocycles. The minimum absolute atomic E-state index is 0.469. The summed E-state index contributed by atoms with van der Waals surface area (Å²) >= 11 is 1.66. The van der Waals surface area contributed by atoms with Gasteiger partial charge in [0.05, 0.1) is 17.6 Å². The molecular formula is C16H18N4S. The van der Waals surface area contributed by atoms with Crippen molar-refractivity contribution in [2.45, 2.75) is 26.4 Å². The molecule has 0 spiro atoms. The highest BCUT2D eigenvalue weighted by Gasteiger charge is 2.08. The topological polar surface area (TPSA) is 42.7 Å². The maximum absolute atomic E-state index is 4.66. The molecule has 0 radical (unpaired) electrons. The molecule has 0 bridgehead atoms. The first kappa shape index (κ1) is 14.0. The van der Waals surface area contributed by atoms with Crippen molar-refractivity contribution in [2.75, 3.05) is 0 Å². The number of para-hydroxylation sites is 1. The molecule has 0 aliphatic rings. The van der Waals surface area contributed by atoms with Gasteiger partial charge in [-0.25, -0.2) is 9.67 Å². The molecule has 0 amide bonds. The Morgan fingerprint density at radius 2 is 2.05 bits per heavy atom. The SMILES string of the molecule is CC(C)NCc1csc(-c2cnn(-c3ccccc3)c2)n1. The van der Waals surface area contributed by atoms with Crippen LogP contribution in [0.5, 0.6) is 0 Å². The summed E-state index contributed by atoms with van der Waals surface area (Å²) in [6.07, 6.45) is 3.89. The maximum Gasteiger partial charge on any atom is 0.126 e. The van der Waals surface area contributed by atoms with E-state index in [1.807, 2.05) is 47.4 Å². The Morgan fingerprint density at radius 1 is 1.24 bits per heavy atom. The van der Waals surface area contributed by atoms with Crippen LogP contribution in [-0.2, 0) is 6.54 Å². The zero-order valence-electron chi connectivity index (χ0n) is 12.2. The Morgan fingerprint density at radius 3 is 2.81 bits per heavy atom. The summed E-state index contributed by atoms with van der Waals surface area (Å²) in [7, 11) is 0. The summed E-state index contributed by atoms with van der Waals surface area (Å²) in [4.78, 5) is 4.66. The van der Waals surface area contributed by atoms with Crippen LogP contribution in [0, 0.1) is 0 Å². The number of hydrogen-bond acceptors (Lipinski definition) is 4. The molecule has 0 fully saturated rings. The van der Waals surface area contributed by atoms with E-state index in [1.165, 1.54) is 0 Å². The Kier molecular flexibility index (Phi) is 4.13. The Bertz CT molecular complexity index is 700. The van der Waals surface area contributed by atoms with Gasteiger partial charge < -0.3 is 5.32 Å². The van der Waals surface area contributed by atoms with Crippen LogP contribution in [0.4, 0.5) is 0 Å². The van der Waals surface area contributed by atoms with Crippen LogP contribution < -0.4 is 5.32 Å². The second-order valence-corrected chi connectivity index (χ2v) is 6.05. The number of hydrogen-bond donors (Lipinski definition) is 1. The zero-order valence-corrected chi connectivity index (χ0v) is 13.0. The molecule has 0 saturated heterocycles. The molecule has 2 heterocycles. The summed E-state index contributed by atoms with van der Waals surface area (Å²) in [6, 6.07) is 10.6. The maximum atomic E-state index is 4.66. The third-order valence-electron chi connectivity index (χ3n) is 3.09. The van der Waals surface area contributed by atoms with Gasteiger partial charge in [0, 0.05) is 29.7 Å². The molecule has 108 valence electrons. The fourth-order valence-electron chi connectivity index (χ4n) is 1.98. The van der Waals surface area contributed by atoms with Crippen molar-refractivity contribution in [1.29, 1.82) is 0 Å². The van der Waals surface area contributed by atoms with Gasteiger partial charge in [0.2, 0.25) is 0 Å². The third-order valence-corrected chi connectivity index (χ3v) is 4.03. The van der Waals surface area contributed by atoms with Gasteiger partial charge in [0.15, 0.2) is 0 Å². The van der Waals surface area contributed by atoms with Gasteiger partial charge in [0.1, 0.15) is 5.01 Å². The highest BCUT2D eigenvalue weighted by Crippen LogP contribution is 2.24. The van der Waals surface area contributed by atoms with E-state index in [9.17, 15) is 0 Å². The van der Waals surface area contributed by atoms with E-state index >= 15 is 0 Å². The van der Waals surface area contributed by atoms with Crippen LogP contribution in [0.15, 0.2) is 48.1 Å². The van der Waals surface area contributed by atoms with Gasteiger partial charge in [-0.05, 0) is 12.1 Å². The van der Waals surface area contributed by atoms with E-state index in [4.69, 9.17) is 0 Å². The first-order valence-electron chi connectivity index (χ1n) is 7.00. The monoisotopic (exact) mass is 298 g/mol. The number of aromatic nitrogens is 3. The quantitative estimate of drug-likeness (QED) is 0.784. The van der Waals surface area contributed by atoms with E-state index in [1.54, 1.807) is 11.3 Å². The van der Waals surface area contributed by atoms with Crippen molar-refractivity contribution in [1.82, 2.24) is 20.1 Å². The number of benzene rings is 1. The van der Waals surface area contributed by atoms with Crippen LogP contribution in [-0.4, -0.2) is 20.8 Å². The van der Waals surface area contributed by atoms with Gasteiger partial charge in [-0.2, -0.15) is 5.10 Å². The van der Waals surface area contributed by atoms with Crippen molar-refractivity contribution in [2.24, 2.45) is 0 Å². The molecule has 0 aliphatic heterocycles. The van der Waals surface area contributed by atoms with Gasteiger partial charge >= 0.3 is 0 Å². The Hall–Kier alpha value is -1.98. The first-order chi connectivity index (χ1) is 10.2. The summed E-state index contributed by atoms with van der Waals surface area (Å²) in [5.74, 6) is 0. The molecule has 21 heavy (non-hydrogen) atoms. The molecule has 5 heteroatoms. The summed E-state index contributed by atoms with van der Waals surface area (Å²) in [5, 5.41) is 10.9. The molecule has 0 unspecified atom stereocenters. The second-order valence-electron chi connectivity index (χ2n) is 5.19. The van der Waals surface area contributed by atoms with E-state index in [0.29, 0.717) is 6.04 Å². The van der Waals surface area contributed by atoms with Crippen molar-refractivity contribution in [3.8, 4) is 16.3 Å². The molecule has 4 nitrogen and oxygen atoms in total. The molecular weight excluding hydrogens is 280 g/mol. The standard InChI is InChI=1S/C16H18N4S/c1-12(2)17-9-14-11-21-16(19-14)13-8-18-20(10-13)15-6-4-3-5-7-15/h3-8,10-12,17H,9H2,1-2H3. The van der Waals surface area contributed by atoms with E-state index in [-0.39, 0.29) is 0 Å². The Labute approximate surface area is 128 Å². The number of thiazole rings is 1. The lowest BCUT2D eigenvalue weighted by Crippen LogP contribution is -2.21. The molecule has 3 aromatic rings. The lowest BCUT2D eigenvalue weighted by molar-refractivity contribution is 0.583. The van der Waals surface area contributed by atoms with Crippen LogP contribution in [0.3, 0.4) is 0 Å². The Balaban J connectivity index is 1.77. The minimum atomic E-state index is 0.469. The molecule has 1 aromatic carbocycles. The van der Waals surface area contributed by atoms with Crippen LogP contribution in [0.25, 0.3) is 16.3 Å². The van der Waals surface area contributed by atoms with Crippen LogP contribution >= 0.6 is 11.3 Å². The number of rotatable bonds is 5. The largest absolute Gasteiger partial charge is 0.309 e. The third kappa shape index (κ3) is 3.37. The van der Waals surface area contributed by atoms with E-state index in [2.05, 4.69) is 34.6 Å². The average molecular weight is 298 g/mol. The molecule has 1 N–H and O–H groups in total.